The lowest BCUT2D eigenvalue weighted by atomic mass is 10.1. The van der Waals surface area contributed by atoms with Crippen LogP contribution in [0.4, 0.5) is 16.2 Å². The molecule has 0 spiro atoms. The Kier molecular flexibility index (Phi) is 5.88. The van der Waals surface area contributed by atoms with Crippen LogP contribution in [0.15, 0.2) is 24.3 Å². The molecular weight excluding hydrogens is 318 g/mol. The molecule has 0 aromatic heterocycles. The average molecular weight is 345 g/mol. The van der Waals surface area contributed by atoms with Gasteiger partial charge in [0.2, 0.25) is 5.91 Å². The Morgan fingerprint density at radius 1 is 1.04 bits per heavy atom. The van der Waals surface area contributed by atoms with Crippen molar-refractivity contribution in [3.63, 3.8) is 0 Å². The summed E-state index contributed by atoms with van der Waals surface area (Å²) in [6.45, 7) is 2.91. The summed E-state index contributed by atoms with van der Waals surface area (Å²) in [5, 5.41) is 11.9. The normalized spacial score (nSPS) is 21.7. The third-order valence-corrected chi connectivity index (χ3v) is 4.84. The van der Waals surface area contributed by atoms with Crippen LogP contribution in [0, 0.1) is 0 Å². The summed E-state index contributed by atoms with van der Waals surface area (Å²) in [5.74, 6) is -0.00165. The Bertz CT molecular complexity index is 590. The van der Waals surface area contributed by atoms with Crippen LogP contribution in [-0.4, -0.2) is 55.6 Å². The van der Waals surface area contributed by atoms with E-state index in [0.717, 1.165) is 51.0 Å². The second-order valence-corrected chi connectivity index (χ2v) is 6.89. The lowest BCUT2D eigenvalue weighted by Gasteiger charge is -2.29. The maximum atomic E-state index is 12.1. The van der Waals surface area contributed by atoms with Gasteiger partial charge in [-0.2, -0.15) is 0 Å². The van der Waals surface area contributed by atoms with Crippen molar-refractivity contribution in [3.8, 4) is 0 Å². The number of amides is 3. The Balaban J connectivity index is 1.45. The van der Waals surface area contributed by atoms with Crippen molar-refractivity contribution in [3.05, 3.63) is 24.3 Å². The van der Waals surface area contributed by atoms with Crippen molar-refractivity contribution in [2.75, 3.05) is 37.3 Å². The molecule has 0 bridgehead atoms. The number of hydrogen-bond acceptors (Lipinski definition) is 4. The van der Waals surface area contributed by atoms with Gasteiger partial charge in [-0.05, 0) is 76.6 Å². The van der Waals surface area contributed by atoms with Gasteiger partial charge < -0.3 is 26.2 Å². The molecule has 0 radical (unpaired) electrons. The smallest absolute Gasteiger partial charge is 0.319 e. The molecule has 7 nitrogen and oxygen atoms in total. The third-order valence-electron chi connectivity index (χ3n) is 4.84. The lowest BCUT2D eigenvalue weighted by Crippen LogP contribution is -2.44. The van der Waals surface area contributed by atoms with Crippen LogP contribution < -0.4 is 21.3 Å². The number of carbonyl (C=O) groups excluding carboxylic acids is 2. The fraction of sp³-hybridized carbons (Fsp3) is 0.556. The SMILES string of the molecule is CN1CCC(NC(=O)Nc2ccc(NC(=O)C3CCCN3)cc2)CC1. The topological polar surface area (TPSA) is 85.5 Å². The number of hydrogen-bond donors (Lipinski definition) is 4. The zero-order valence-corrected chi connectivity index (χ0v) is 14.7. The van der Waals surface area contributed by atoms with Crippen molar-refractivity contribution in [2.45, 2.75) is 37.8 Å². The third kappa shape index (κ3) is 5.17. The highest BCUT2D eigenvalue weighted by molar-refractivity contribution is 5.95. The molecule has 3 amide bonds. The zero-order chi connectivity index (χ0) is 17.6. The van der Waals surface area contributed by atoms with E-state index in [0.29, 0.717) is 5.69 Å². The molecule has 2 aliphatic rings. The number of nitrogens with zero attached hydrogens (tertiary/aromatic N) is 1. The van der Waals surface area contributed by atoms with E-state index in [9.17, 15) is 9.59 Å². The van der Waals surface area contributed by atoms with E-state index in [2.05, 4.69) is 33.2 Å². The van der Waals surface area contributed by atoms with Crippen molar-refractivity contribution >= 4 is 23.3 Å². The Morgan fingerprint density at radius 3 is 2.28 bits per heavy atom. The van der Waals surface area contributed by atoms with Crippen LogP contribution in [0.2, 0.25) is 0 Å². The van der Waals surface area contributed by atoms with Crippen LogP contribution >= 0.6 is 0 Å². The number of rotatable bonds is 4. The fourth-order valence-corrected chi connectivity index (χ4v) is 3.28. The van der Waals surface area contributed by atoms with Gasteiger partial charge in [0.15, 0.2) is 0 Å². The molecule has 25 heavy (non-hydrogen) atoms. The predicted octanol–water partition coefficient (Wildman–Crippen LogP) is 1.59. The summed E-state index contributed by atoms with van der Waals surface area (Å²) in [6.07, 6.45) is 3.87. The summed E-state index contributed by atoms with van der Waals surface area (Å²) in [7, 11) is 2.10. The summed E-state index contributed by atoms with van der Waals surface area (Å²) < 4.78 is 0. The molecule has 3 rings (SSSR count). The molecule has 136 valence electrons. The van der Waals surface area contributed by atoms with Gasteiger partial charge in [0.25, 0.3) is 0 Å². The van der Waals surface area contributed by atoms with Crippen molar-refractivity contribution in [1.82, 2.24) is 15.5 Å². The maximum absolute atomic E-state index is 12.1. The zero-order valence-electron chi connectivity index (χ0n) is 14.7. The van der Waals surface area contributed by atoms with Gasteiger partial charge in [-0.25, -0.2) is 4.79 Å². The van der Waals surface area contributed by atoms with Gasteiger partial charge >= 0.3 is 6.03 Å². The van der Waals surface area contributed by atoms with E-state index < -0.39 is 0 Å². The predicted molar refractivity (Wildman–Crippen MR) is 98.8 cm³/mol. The molecule has 1 unspecified atom stereocenters. The van der Waals surface area contributed by atoms with E-state index in [4.69, 9.17) is 0 Å². The molecule has 2 heterocycles. The molecule has 7 heteroatoms. The number of urea groups is 1. The summed E-state index contributed by atoms with van der Waals surface area (Å²) in [4.78, 5) is 26.4. The molecule has 0 aliphatic carbocycles. The highest BCUT2D eigenvalue weighted by Crippen LogP contribution is 2.15. The first-order chi connectivity index (χ1) is 12.1. The lowest BCUT2D eigenvalue weighted by molar-refractivity contribution is -0.117. The number of benzene rings is 1. The van der Waals surface area contributed by atoms with Crippen molar-refractivity contribution < 1.29 is 9.59 Å². The molecule has 2 fully saturated rings. The Labute approximate surface area is 148 Å². The maximum Gasteiger partial charge on any atom is 0.319 e. The minimum absolute atomic E-state index is 0.00165. The second-order valence-electron chi connectivity index (χ2n) is 6.89. The highest BCUT2D eigenvalue weighted by Gasteiger charge is 2.22. The minimum Gasteiger partial charge on any atom is -0.335 e. The minimum atomic E-state index is -0.179. The first-order valence-corrected chi connectivity index (χ1v) is 9.00. The molecule has 1 atom stereocenters. The van der Waals surface area contributed by atoms with Crippen LogP contribution in [0.25, 0.3) is 0 Å². The molecule has 0 saturated carbocycles. The van der Waals surface area contributed by atoms with Gasteiger partial charge in [0.1, 0.15) is 0 Å². The molecule has 2 aliphatic heterocycles. The van der Waals surface area contributed by atoms with E-state index in [1.807, 2.05) is 0 Å². The molecule has 2 saturated heterocycles. The number of anilines is 2. The highest BCUT2D eigenvalue weighted by atomic mass is 16.2. The van der Waals surface area contributed by atoms with Crippen LogP contribution in [0.1, 0.15) is 25.7 Å². The summed E-state index contributed by atoms with van der Waals surface area (Å²) >= 11 is 0. The summed E-state index contributed by atoms with van der Waals surface area (Å²) in [5.41, 5.74) is 1.45. The van der Waals surface area contributed by atoms with Gasteiger partial charge in [-0.1, -0.05) is 0 Å². The summed E-state index contributed by atoms with van der Waals surface area (Å²) in [6, 6.07) is 7.15. The number of piperidine rings is 1. The van der Waals surface area contributed by atoms with Crippen molar-refractivity contribution in [2.24, 2.45) is 0 Å². The van der Waals surface area contributed by atoms with Gasteiger partial charge in [0.05, 0.1) is 6.04 Å². The van der Waals surface area contributed by atoms with Crippen LogP contribution in [0.3, 0.4) is 0 Å². The number of likely N-dealkylation sites (tertiary alicyclic amines) is 1. The van der Waals surface area contributed by atoms with E-state index in [1.165, 1.54) is 0 Å². The van der Waals surface area contributed by atoms with E-state index in [1.54, 1.807) is 24.3 Å². The van der Waals surface area contributed by atoms with E-state index in [-0.39, 0.29) is 24.0 Å². The Morgan fingerprint density at radius 2 is 1.68 bits per heavy atom. The molecular formula is C18H27N5O2. The van der Waals surface area contributed by atoms with Gasteiger partial charge in [0, 0.05) is 17.4 Å². The van der Waals surface area contributed by atoms with Crippen LogP contribution in [0.5, 0.6) is 0 Å². The largest absolute Gasteiger partial charge is 0.335 e. The monoisotopic (exact) mass is 345 g/mol. The molecule has 4 N–H and O–H groups in total. The number of nitrogens with one attached hydrogen (secondary N) is 4. The second kappa shape index (κ2) is 8.31. The number of carbonyl (C=O) groups is 2. The Hall–Kier alpha value is -2.12. The quantitative estimate of drug-likeness (QED) is 0.668. The van der Waals surface area contributed by atoms with E-state index >= 15 is 0 Å². The van der Waals surface area contributed by atoms with Crippen molar-refractivity contribution in [1.29, 1.82) is 0 Å². The van der Waals surface area contributed by atoms with Gasteiger partial charge in [-0.3, -0.25) is 4.79 Å². The standard InChI is InChI=1S/C18H27N5O2/c1-23-11-8-15(9-12-23)22-18(25)21-14-6-4-13(5-7-14)20-17(24)16-3-2-10-19-16/h4-7,15-16,19H,2-3,8-12H2,1H3,(H,20,24)(H2,21,22,25). The van der Waals surface area contributed by atoms with Crippen LogP contribution in [-0.2, 0) is 4.79 Å². The first kappa shape index (κ1) is 17.7. The average Bonchev–Trinajstić information content (AvgIpc) is 3.13. The molecule has 1 aromatic rings. The van der Waals surface area contributed by atoms with Gasteiger partial charge in [-0.15, -0.1) is 0 Å². The fourth-order valence-electron chi connectivity index (χ4n) is 3.28. The first-order valence-electron chi connectivity index (χ1n) is 9.00. The molecule has 1 aromatic carbocycles.